The van der Waals surface area contributed by atoms with Crippen LogP contribution in [0.15, 0.2) is 0 Å². The summed E-state index contributed by atoms with van der Waals surface area (Å²) in [6, 6.07) is 0. The minimum atomic E-state index is -6.75. The Morgan fingerprint density at radius 2 is 1.27 bits per heavy atom. The summed E-state index contributed by atoms with van der Waals surface area (Å²) in [6.07, 6.45) is -13.2. The molecular formula is C3HF7O4S. The molecule has 1 N–H and O–H groups in total. The molecule has 0 bridgehead atoms. The second-order valence-corrected chi connectivity index (χ2v) is 3.12. The van der Waals surface area contributed by atoms with E-state index >= 15 is 0 Å². The molecule has 0 saturated heterocycles. The van der Waals surface area contributed by atoms with Gasteiger partial charge < -0.3 is 0 Å². The molecule has 0 saturated carbocycles. The summed E-state index contributed by atoms with van der Waals surface area (Å²) in [5.41, 5.74) is 0. The second kappa shape index (κ2) is 3.45. The van der Waals surface area contributed by atoms with Crippen molar-refractivity contribution < 1.29 is 47.9 Å². The highest BCUT2D eigenvalue weighted by Crippen LogP contribution is 2.47. The van der Waals surface area contributed by atoms with E-state index in [4.69, 9.17) is 4.55 Å². The molecule has 4 nitrogen and oxygen atoms in total. The Hall–Kier alpha value is -0.620. The van der Waals surface area contributed by atoms with Gasteiger partial charge in [0.1, 0.15) is 0 Å². The Bertz CT molecular complexity index is 329. The highest BCUT2D eigenvalue weighted by Gasteiger charge is 2.76. The molecule has 12 heteroatoms. The Balaban J connectivity index is 5.21. The zero-order chi connectivity index (χ0) is 12.7. The van der Waals surface area contributed by atoms with Crippen LogP contribution in [0.1, 0.15) is 0 Å². The van der Waals surface area contributed by atoms with Crippen LogP contribution in [0.5, 0.6) is 0 Å². The van der Waals surface area contributed by atoms with E-state index in [9.17, 15) is 39.2 Å². The maximum atomic E-state index is 12.0. The van der Waals surface area contributed by atoms with Gasteiger partial charge in [-0.1, -0.05) is 0 Å². The molecule has 0 aliphatic heterocycles. The molecule has 0 aliphatic rings. The summed E-state index contributed by atoms with van der Waals surface area (Å²) in [7, 11) is -6.16. The number of hydrogen-bond acceptors (Lipinski definition) is 3. The summed E-state index contributed by atoms with van der Waals surface area (Å²) >= 11 is 0. The fourth-order valence-corrected chi connectivity index (χ4v) is 0.719. The van der Waals surface area contributed by atoms with Crippen molar-refractivity contribution in [2.75, 3.05) is 0 Å². The zero-order valence-corrected chi connectivity index (χ0v) is 7.04. The smallest absolute Gasteiger partial charge is 0.263 e. The van der Waals surface area contributed by atoms with Crippen molar-refractivity contribution in [2.45, 2.75) is 18.2 Å². The average Bonchev–Trinajstić information content (AvgIpc) is 1.77. The van der Waals surface area contributed by atoms with E-state index in [2.05, 4.69) is 0 Å². The maximum Gasteiger partial charge on any atom is 0.462 e. The summed E-state index contributed by atoms with van der Waals surface area (Å²) in [5.74, 6) is -6.75. The molecule has 0 heterocycles. The largest absolute Gasteiger partial charge is 0.462 e. The van der Waals surface area contributed by atoms with Gasteiger partial charge in [-0.05, 0) is 0 Å². The third-order valence-electron chi connectivity index (χ3n) is 0.932. The molecule has 0 fully saturated rings. The molecule has 0 unspecified atom stereocenters. The molecule has 0 aromatic heterocycles. The lowest BCUT2D eigenvalue weighted by Gasteiger charge is -2.25. The first-order valence-electron chi connectivity index (χ1n) is 2.71. The van der Waals surface area contributed by atoms with Crippen LogP contribution in [0.25, 0.3) is 0 Å². The van der Waals surface area contributed by atoms with Gasteiger partial charge in [-0.25, -0.2) is 0 Å². The molecule has 0 aliphatic carbocycles. The van der Waals surface area contributed by atoms with Gasteiger partial charge in [0.15, 0.2) is 0 Å². The van der Waals surface area contributed by atoms with Gasteiger partial charge in [0.25, 0.3) is 0 Å². The van der Waals surface area contributed by atoms with Crippen molar-refractivity contribution in [1.29, 1.82) is 0 Å². The van der Waals surface area contributed by atoms with Crippen LogP contribution in [0.2, 0.25) is 0 Å². The van der Waals surface area contributed by atoms with Crippen LogP contribution in [-0.4, -0.2) is 31.2 Å². The van der Waals surface area contributed by atoms with Crippen LogP contribution in [0.3, 0.4) is 0 Å². The number of alkyl halides is 7. The zero-order valence-electron chi connectivity index (χ0n) is 6.23. The van der Waals surface area contributed by atoms with Crippen LogP contribution in [0, 0.1) is 0 Å². The van der Waals surface area contributed by atoms with Gasteiger partial charge in [-0.15, -0.1) is 0 Å². The molecule has 92 valence electrons. The van der Waals surface area contributed by atoms with Crippen molar-refractivity contribution in [3.63, 3.8) is 0 Å². The van der Waals surface area contributed by atoms with Crippen molar-refractivity contribution in [3.8, 4) is 0 Å². The molecule has 0 aromatic carbocycles. The van der Waals surface area contributed by atoms with Crippen LogP contribution < -0.4 is 0 Å². The lowest BCUT2D eigenvalue weighted by Crippen LogP contribution is -2.54. The van der Waals surface area contributed by atoms with Crippen LogP contribution in [-0.2, 0) is 14.6 Å². The fourth-order valence-electron chi connectivity index (χ4n) is 0.350. The maximum absolute atomic E-state index is 12.0. The standard InChI is InChI=1S/C3HF7O4S/c4-1(5,2(6,7)8)3(9,10)14-15(11,12)13/h(H,11,12,13). The monoisotopic (exact) mass is 266 g/mol. The van der Waals surface area contributed by atoms with E-state index in [0.29, 0.717) is 0 Å². The van der Waals surface area contributed by atoms with Gasteiger partial charge in [0.05, 0.1) is 0 Å². The lowest BCUT2D eigenvalue weighted by molar-refractivity contribution is -0.403. The normalized spacial score (nSPS) is 15.5. The summed E-state index contributed by atoms with van der Waals surface area (Å²) in [6.45, 7) is 0. The SMILES string of the molecule is O=S(=O)(O)OC(F)(F)C(F)(F)C(F)(F)F. The quantitative estimate of drug-likeness (QED) is 0.622. The van der Waals surface area contributed by atoms with Gasteiger partial charge >= 0.3 is 28.6 Å². The Morgan fingerprint density at radius 3 is 1.47 bits per heavy atom. The molecule has 0 amide bonds. The Kier molecular flexibility index (Phi) is 3.31. The molecule has 0 spiro atoms. The number of hydrogen-bond donors (Lipinski definition) is 1. The van der Waals surface area contributed by atoms with E-state index in [1.165, 1.54) is 0 Å². The summed E-state index contributed by atoms with van der Waals surface area (Å²) < 4.78 is 110. The van der Waals surface area contributed by atoms with Crippen molar-refractivity contribution in [3.05, 3.63) is 0 Å². The Labute approximate surface area is 77.6 Å². The van der Waals surface area contributed by atoms with E-state index in [0.717, 1.165) is 0 Å². The number of rotatable bonds is 3. The molecule has 15 heavy (non-hydrogen) atoms. The van der Waals surface area contributed by atoms with E-state index < -0.39 is 28.6 Å². The minimum absolute atomic E-state index is 1.94. The van der Waals surface area contributed by atoms with E-state index in [-0.39, 0.29) is 0 Å². The molecule has 0 atom stereocenters. The first-order valence-corrected chi connectivity index (χ1v) is 4.07. The van der Waals surface area contributed by atoms with Gasteiger partial charge in [0, 0.05) is 0 Å². The third-order valence-corrected chi connectivity index (χ3v) is 1.35. The molecular weight excluding hydrogens is 265 g/mol. The predicted molar refractivity (Wildman–Crippen MR) is 28.6 cm³/mol. The van der Waals surface area contributed by atoms with Crippen LogP contribution in [0.4, 0.5) is 30.7 Å². The minimum Gasteiger partial charge on any atom is -0.263 e. The fraction of sp³-hybridized carbons (Fsp3) is 1.00. The molecule has 0 aromatic rings. The van der Waals surface area contributed by atoms with Gasteiger partial charge in [-0.2, -0.15) is 43.3 Å². The summed E-state index contributed by atoms with van der Waals surface area (Å²) in [5, 5.41) is 0. The van der Waals surface area contributed by atoms with Gasteiger partial charge in [0.2, 0.25) is 0 Å². The van der Waals surface area contributed by atoms with Crippen molar-refractivity contribution in [2.24, 2.45) is 0 Å². The summed E-state index contributed by atoms with van der Waals surface area (Å²) in [4.78, 5) is 0. The van der Waals surface area contributed by atoms with Gasteiger partial charge in [-0.3, -0.25) is 4.55 Å². The second-order valence-electron chi connectivity index (χ2n) is 2.10. The highest BCUT2D eigenvalue weighted by atomic mass is 32.3. The highest BCUT2D eigenvalue weighted by molar-refractivity contribution is 7.80. The molecule has 0 rings (SSSR count). The van der Waals surface area contributed by atoms with Crippen molar-refractivity contribution >= 4 is 10.4 Å². The Morgan fingerprint density at radius 1 is 0.933 bits per heavy atom. The van der Waals surface area contributed by atoms with E-state index in [1.807, 2.05) is 4.18 Å². The molecule has 0 radical (unpaired) electrons. The average molecular weight is 266 g/mol. The van der Waals surface area contributed by atoms with Crippen LogP contribution >= 0.6 is 0 Å². The first-order chi connectivity index (χ1) is 6.21. The van der Waals surface area contributed by atoms with Crippen molar-refractivity contribution in [1.82, 2.24) is 0 Å². The topological polar surface area (TPSA) is 63.6 Å². The predicted octanol–water partition coefficient (Wildman–Crippen LogP) is 1.60. The first kappa shape index (κ1) is 14.4. The third kappa shape index (κ3) is 3.17. The van der Waals surface area contributed by atoms with E-state index in [1.54, 1.807) is 0 Å². The number of halogens is 7. The lowest BCUT2D eigenvalue weighted by atomic mass is 10.3.